The minimum Gasteiger partial charge on any atom is -0.345 e. The molecule has 3 aromatic rings. The molecular weight excluding hydrogens is 418 g/mol. The zero-order valence-corrected chi connectivity index (χ0v) is 18.0. The van der Waals surface area contributed by atoms with Gasteiger partial charge in [-0.1, -0.05) is 18.2 Å². The summed E-state index contributed by atoms with van der Waals surface area (Å²) in [5.74, 6) is -1.01. The highest BCUT2D eigenvalue weighted by Gasteiger charge is 2.22. The second kappa shape index (κ2) is 9.43. The van der Waals surface area contributed by atoms with Crippen LogP contribution in [-0.4, -0.2) is 49.4 Å². The Morgan fingerprint density at radius 2 is 1.74 bits per heavy atom. The average Bonchev–Trinajstić information content (AvgIpc) is 3.26. The van der Waals surface area contributed by atoms with Gasteiger partial charge >= 0.3 is 0 Å². The standard InChI is InChI=1S/C21H23N5O4S/c1-16-6-3-4-7-19(16)26(31(2,29)30)15-21(28)22-14-20(27)24-17-8-10-18(11-9-17)25-13-5-12-23-25/h3-13H,14-15H2,1-2H3,(H,22,28)(H,24,27). The minimum atomic E-state index is -3.68. The first-order chi connectivity index (χ1) is 14.7. The van der Waals surface area contributed by atoms with E-state index in [1.54, 1.807) is 72.5 Å². The number of aryl methyl sites for hydroxylation is 1. The quantitative estimate of drug-likeness (QED) is 0.552. The van der Waals surface area contributed by atoms with Crippen LogP contribution in [0.15, 0.2) is 67.0 Å². The van der Waals surface area contributed by atoms with E-state index in [2.05, 4.69) is 15.7 Å². The van der Waals surface area contributed by atoms with Gasteiger partial charge in [0.2, 0.25) is 21.8 Å². The van der Waals surface area contributed by atoms with Crippen LogP contribution in [0.5, 0.6) is 0 Å². The summed E-state index contributed by atoms with van der Waals surface area (Å²) in [6.45, 7) is 1.05. The van der Waals surface area contributed by atoms with Crippen molar-refractivity contribution in [1.82, 2.24) is 15.1 Å². The molecule has 0 bridgehead atoms. The van der Waals surface area contributed by atoms with Gasteiger partial charge in [-0.05, 0) is 48.9 Å². The van der Waals surface area contributed by atoms with Crippen molar-refractivity contribution >= 4 is 33.2 Å². The van der Waals surface area contributed by atoms with Crippen LogP contribution >= 0.6 is 0 Å². The smallest absolute Gasteiger partial charge is 0.243 e. The lowest BCUT2D eigenvalue weighted by Gasteiger charge is -2.23. The third-order valence-electron chi connectivity index (χ3n) is 4.44. The lowest BCUT2D eigenvalue weighted by Crippen LogP contribution is -2.42. The number of carbonyl (C=O) groups excluding carboxylic acids is 2. The zero-order valence-electron chi connectivity index (χ0n) is 17.1. The largest absolute Gasteiger partial charge is 0.345 e. The fourth-order valence-corrected chi connectivity index (χ4v) is 3.83. The van der Waals surface area contributed by atoms with E-state index in [1.807, 2.05) is 6.07 Å². The monoisotopic (exact) mass is 441 g/mol. The highest BCUT2D eigenvalue weighted by Crippen LogP contribution is 2.21. The third kappa shape index (κ3) is 5.92. The number of sulfonamides is 1. The van der Waals surface area contributed by atoms with Crippen LogP contribution in [0.25, 0.3) is 5.69 Å². The molecule has 0 aliphatic rings. The number of hydrogen-bond donors (Lipinski definition) is 2. The number of carbonyl (C=O) groups is 2. The molecule has 0 saturated carbocycles. The van der Waals surface area contributed by atoms with Gasteiger partial charge in [-0.2, -0.15) is 5.10 Å². The van der Waals surface area contributed by atoms with E-state index in [4.69, 9.17) is 0 Å². The summed E-state index contributed by atoms with van der Waals surface area (Å²) in [5.41, 5.74) is 2.54. The predicted molar refractivity (Wildman–Crippen MR) is 119 cm³/mol. The Balaban J connectivity index is 1.56. The Labute approximate surface area is 180 Å². The summed E-state index contributed by atoms with van der Waals surface area (Å²) < 4.78 is 27.0. The first kappa shape index (κ1) is 22.0. The maximum atomic E-state index is 12.3. The van der Waals surface area contributed by atoms with Crippen molar-refractivity contribution in [1.29, 1.82) is 0 Å². The predicted octanol–water partition coefficient (Wildman–Crippen LogP) is 1.70. The van der Waals surface area contributed by atoms with E-state index < -0.39 is 28.4 Å². The number of nitrogens with zero attached hydrogens (tertiary/aromatic N) is 3. The summed E-state index contributed by atoms with van der Waals surface area (Å²) in [6.07, 6.45) is 4.51. The van der Waals surface area contributed by atoms with Gasteiger partial charge in [0.05, 0.1) is 24.2 Å². The Morgan fingerprint density at radius 1 is 1.03 bits per heavy atom. The fourth-order valence-electron chi connectivity index (χ4n) is 2.91. The van der Waals surface area contributed by atoms with Crippen LogP contribution in [0.2, 0.25) is 0 Å². The number of amides is 2. The van der Waals surface area contributed by atoms with Gasteiger partial charge in [-0.25, -0.2) is 13.1 Å². The molecule has 0 spiro atoms. The first-order valence-electron chi connectivity index (χ1n) is 9.44. The fraction of sp³-hybridized carbons (Fsp3) is 0.190. The van der Waals surface area contributed by atoms with Gasteiger partial charge in [-0.3, -0.25) is 13.9 Å². The molecule has 1 heterocycles. The van der Waals surface area contributed by atoms with Crippen molar-refractivity contribution in [3.05, 3.63) is 72.6 Å². The van der Waals surface area contributed by atoms with E-state index >= 15 is 0 Å². The number of benzene rings is 2. The van der Waals surface area contributed by atoms with E-state index in [-0.39, 0.29) is 6.54 Å². The molecule has 9 nitrogen and oxygen atoms in total. The van der Waals surface area contributed by atoms with E-state index in [0.29, 0.717) is 11.4 Å². The molecule has 10 heteroatoms. The Morgan fingerprint density at radius 3 is 2.35 bits per heavy atom. The molecule has 0 aliphatic heterocycles. The molecule has 3 rings (SSSR count). The van der Waals surface area contributed by atoms with Gasteiger partial charge in [0, 0.05) is 18.1 Å². The van der Waals surface area contributed by atoms with Crippen LogP contribution in [0.4, 0.5) is 11.4 Å². The van der Waals surface area contributed by atoms with E-state index in [9.17, 15) is 18.0 Å². The van der Waals surface area contributed by atoms with E-state index in [0.717, 1.165) is 21.8 Å². The van der Waals surface area contributed by atoms with Gasteiger partial charge < -0.3 is 10.6 Å². The molecule has 0 radical (unpaired) electrons. The molecule has 2 N–H and O–H groups in total. The van der Waals surface area contributed by atoms with Crippen molar-refractivity contribution < 1.29 is 18.0 Å². The van der Waals surface area contributed by atoms with Crippen molar-refractivity contribution in [2.24, 2.45) is 0 Å². The maximum Gasteiger partial charge on any atom is 0.243 e. The van der Waals surface area contributed by atoms with Gasteiger partial charge in [0.15, 0.2) is 0 Å². The second-order valence-electron chi connectivity index (χ2n) is 6.88. The number of nitrogens with one attached hydrogen (secondary N) is 2. The van der Waals surface area contributed by atoms with Crippen LogP contribution in [-0.2, 0) is 19.6 Å². The summed E-state index contributed by atoms with van der Waals surface area (Å²) in [4.78, 5) is 24.5. The van der Waals surface area contributed by atoms with Crippen molar-refractivity contribution in [2.75, 3.05) is 29.0 Å². The topological polar surface area (TPSA) is 113 Å². The van der Waals surface area contributed by atoms with Crippen LogP contribution in [0, 0.1) is 6.92 Å². The lowest BCUT2D eigenvalue weighted by atomic mass is 10.2. The number of hydrogen-bond acceptors (Lipinski definition) is 5. The van der Waals surface area contributed by atoms with Crippen molar-refractivity contribution in [3.63, 3.8) is 0 Å². The number of para-hydroxylation sites is 1. The third-order valence-corrected chi connectivity index (χ3v) is 5.56. The Kier molecular flexibility index (Phi) is 6.71. The van der Waals surface area contributed by atoms with Gasteiger partial charge in [0.1, 0.15) is 6.54 Å². The Hall–Kier alpha value is -3.66. The summed E-state index contributed by atoms with van der Waals surface area (Å²) in [5, 5.41) is 9.27. The SMILES string of the molecule is Cc1ccccc1N(CC(=O)NCC(=O)Nc1ccc(-n2cccn2)cc1)S(C)(=O)=O. The molecule has 162 valence electrons. The highest BCUT2D eigenvalue weighted by atomic mass is 32.2. The minimum absolute atomic E-state index is 0.287. The molecule has 0 atom stereocenters. The molecule has 1 aromatic heterocycles. The molecule has 0 unspecified atom stereocenters. The van der Waals surface area contributed by atoms with Gasteiger partial charge in [-0.15, -0.1) is 0 Å². The molecule has 0 saturated heterocycles. The molecular formula is C21H23N5O4S. The van der Waals surface area contributed by atoms with E-state index in [1.165, 1.54) is 0 Å². The summed E-state index contributed by atoms with van der Waals surface area (Å²) in [6, 6.07) is 15.7. The molecule has 0 fully saturated rings. The number of aromatic nitrogens is 2. The van der Waals surface area contributed by atoms with Gasteiger partial charge in [0.25, 0.3) is 0 Å². The molecule has 2 aromatic carbocycles. The van der Waals surface area contributed by atoms with Crippen LogP contribution < -0.4 is 14.9 Å². The first-order valence-corrected chi connectivity index (χ1v) is 11.3. The molecule has 31 heavy (non-hydrogen) atoms. The average molecular weight is 442 g/mol. The lowest BCUT2D eigenvalue weighted by molar-refractivity contribution is -0.123. The van der Waals surface area contributed by atoms with Crippen molar-refractivity contribution in [2.45, 2.75) is 6.92 Å². The maximum absolute atomic E-state index is 12.3. The number of anilines is 2. The second-order valence-corrected chi connectivity index (χ2v) is 8.79. The van der Waals surface area contributed by atoms with Crippen molar-refractivity contribution in [3.8, 4) is 5.69 Å². The Bertz CT molecular complexity index is 1160. The number of rotatable bonds is 8. The molecule has 0 aliphatic carbocycles. The summed E-state index contributed by atoms with van der Waals surface area (Å²) in [7, 11) is -3.68. The van der Waals surface area contributed by atoms with Crippen LogP contribution in [0.3, 0.4) is 0 Å². The zero-order chi connectivity index (χ0) is 22.4. The normalized spacial score (nSPS) is 11.0. The van der Waals surface area contributed by atoms with Crippen LogP contribution in [0.1, 0.15) is 5.56 Å². The highest BCUT2D eigenvalue weighted by molar-refractivity contribution is 7.92. The summed E-state index contributed by atoms with van der Waals surface area (Å²) >= 11 is 0. The molecule has 2 amide bonds.